The number of carbonyl (C=O) groups excluding carboxylic acids is 6. The van der Waals surface area contributed by atoms with E-state index in [-0.39, 0.29) is 18.4 Å². The van der Waals surface area contributed by atoms with Crippen LogP contribution in [0.2, 0.25) is 0 Å². The van der Waals surface area contributed by atoms with Crippen molar-refractivity contribution < 1.29 is 33.9 Å². The van der Waals surface area contributed by atoms with Crippen molar-refractivity contribution in [2.45, 2.75) is 83.8 Å². The number of nitrogens with zero attached hydrogens (tertiary/aromatic N) is 2. The van der Waals surface area contributed by atoms with Crippen molar-refractivity contribution in [2.75, 3.05) is 5.32 Å². The Hall–Kier alpha value is -6.48. The molecule has 306 valence electrons. The largest absolute Gasteiger partial charge is 0.391 e. The quantitative estimate of drug-likeness (QED) is 0.0740. The first-order chi connectivity index (χ1) is 27.7. The zero-order valence-electron chi connectivity index (χ0n) is 33.2. The van der Waals surface area contributed by atoms with Crippen molar-refractivity contribution in [3.05, 3.63) is 126 Å². The summed E-state index contributed by atoms with van der Waals surface area (Å²) in [5.74, 6) is -4.92. The number of hydrogen-bond acceptors (Lipinski definition) is 9. The Morgan fingerprint density at radius 3 is 1.40 bits per heavy atom. The lowest BCUT2D eigenvalue weighted by atomic mass is 9.99. The summed E-state index contributed by atoms with van der Waals surface area (Å²) in [5.41, 5.74) is 2.32. The molecule has 2 aromatic carbocycles. The first-order valence-corrected chi connectivity index (χ1v) is 19.1. The number of anilines is 1. The van der Waals surface area contributed by atoms with Gasteiger partial charge in [0, 0.05) is 48.9 Å². The van der Waals surface area contributed by atoms with Gasteiger partial charge in [0.05, 0.1) is 6.10 Å². The van der Waals surface area contributed by atoms with Gasteiger partial charge in [-0.3, -0.25) is 38.7 Å². The molecular weight excluding hydrogens is 741 g/mol. The molecule has 0 spiro atoms. The molecule has 0 saturated carbocycles. The molecule has 6 amide bonds. The number of rotatable bonds is 19. The van der Waals surface area contributed by atoms with Crippen LogP contribution in [0.25, 0.3) is 0 Å². The van der Waals surface area contributed by atoms with Crippen molar-refractivity contribution in [3.8, 4) is 0 Å². The van der Waals surface area contributed by atoms with Gasteiger partial charge in [0.15, 0.2) is 0 Å². The maximum atomic E-state index is 13.8. The van der Waals surface area contributed by atoms with E-state index in [4.69, 9.17) is 0 Å². The first-order valence-electron chi connectivity index (χ1n) is 19.1. The van der Waals surface area contributed by atoms with Crippen molar-refractivity contribution >= 4 is 41.1 Å². The highest BCUT2D eigenvalue weighted by Gasteiger charge is 2.36. The van der Waals surface area contributed by atoms with E-state index in [1.807, 2.05) is 48.5 Å². The molecule has 7 N–H and O–H groups in total. The first kappa shape index (κ1) is 44.2. The molecule has 0 radical (unpaired) electrons. The number of nitrogens with one attached hydrogen (secondary N) is 6. The molecular formula is C43H52N8O7. The van der Waals surface area contributed by atoms with Gasteiger partial charge in [-0.2, -0.15) is 0 Å². The van der Waals surface area contributed by atoms with Crippen LogP contribution in [0.3, 0.4) is 0 Å². The van der Waals surface area contributed by atoms with E-state index in [0.29, 0.717) is 5.69 Å². The smallest absolute Gasteiger partial charge is 0.252 e. The average Bonchev–Trinajstić information content (AvgIpc) is 3.21. The highest BCUT2D eigenvalue weighted by molar-refractivity contribution is 6.00. The second-order valence-corrected chi connectivity index (χ2v) is 14.6. The van der Waals surface area contributed by atoms with E-state index >= 15 is 0 Å². The predicted molar refractivity (Wildman–Crippen MR) is 218 cm³/mol. The van der Waals surface area contributed by atoms with Gasteiger partial charge < -0.3 is 37.0 Å². The highest BCUT2D eigenvalue weighted by atomic mass is 16.3. The summed E-state index contributed by atoms with van der Waals surface area (Å²) in [4.78, 5) is 89.7. The van der Waals surface area contributed by atoms with Crippen molar-refractivity contribution in [3.63, 3.8) is 0 Å². The van der Waals surface area contributed by atoms with E-state index in [9.17, 15) is 33.9 Å². The van der Waals surface area contributed by atoms with Gasteiger partial charge in [-0.15, -0.1) is 0 Å². The zero-order chi connectivity index (χ0) is 42.2. The van der Waals surface area contributed by atoms with Crippen LogP contribution in [0, 0.1) is 11.8 Å². The monoisotopic (exact) mass is 792 g/mol. The van der Waals surface area contributed by atoms with E-state index in [1.165, 1.54) is 43.8 Å². The number of benzene rings is 2. The maximum absolute atomic E-state index is 13.8. The number of hydrogen-bond donors (Lipinski definition) is 7. The number of amides is 6. The summed E-state index contributed by atoms with van der Waals surface area (Å²) in [5, 5.41) is 27.0. The molecule has 0 saturated heterocycles. The second-order valence-electron chi connectivity index (χ2n) is 14.6. The Kier molecular flexibility index (Phi) is 16.6. The Morgan fingerprint density at radius 2 is 0.914 bits per heavy atom. The molecule has 2 aromatic heterocycles. The second kappa shape index (κ2) is 21.7. The van der Waals surface area contributed by atoms with Crippen LogP contribution in [0.15, 0.2) is 110 Å². The lowest BCUT2D eigenvalue weighted by molar-refractivity contribution is -0.137. The number of aromatic nitrogens is 2. The molecule has 4 aromatic rings. The number of aliphatic hydroxyl groups is 1. The molecule has 15 nitrogen and oxygen atoms in total. The summed E-state index contributed by atoms with van der Waals surface area (Å²) in [6.07, 6.45) is 4.79. The van der Waals surface area contributed by atoms with Gasteiger partial charge in [0.1, 0.15) is 30.2 Å². The van der Waals surface area contributed by atoms with Gasteiger partial charge in [-0.25, -0.2) is 0 Å². The fourth-order valence-electron chi connectivity index (χ4n) is 6.00. The number of pyridine rings is 2. The normalized spacial score (nSPS) is 14.1. The minimum Gasteiger partial charge on any atom is -0.391 e. The summed E-state index contributed by atoms with van der Waals surface area (Å²) in [7, 11) is 0. The van der Waals surface area contributed by atoms with Crippen LogP contribution in [-0.4, -0.2) is 86.8 Å². The van der Waals surface area contributed by atoms with Gasteiger partial charge in [0.25, 0.3) is 5.91 Å². The summed E-state index contributed by atoms with van der Waals surface area (Å²) < 4.78 is 0. The molecule has 2 heterocycles. The van der Waals surface area contributed by atoms with Gasteiger partial charge in [-0.05, 0) is 54.2 Å². The maximum Gasteiger partial charge on any atom is 0.252 e. The fourth-order valence-corrected chi connectivity index (χ4v) is 6.00. The van der Waals surface area contributed by atoms with Crippen LogP contribution < -0.4 is 31.9 Å². The molecule has 6 atom stereocenters. The molecule has 0 bridgehead atoms. The third-order valence-corrected chi connectivity index (χ3v) is 9.27. The molecule has 0 fully saturated rings. The third-order valence-electron chi connectivity index (χ3n) is 9.27. The molecule has 0 unspecified atom stereocenters. The van der Waals surface area contributed by atoms with Crippen molar-refractivity contribution in [1.29, 1.82) is 0 Å². The van der Waals surface area contributed by atoms with Crippen LogP contribution in [-0.2, 0) is 36.8 Å². The number of aliphatic hydroxyl groups excluding tert-OH is 1. The Bertz CT molecular complexity index is 1970. The van der Waals surface area contributed by atoms with Crippen LogP contribution in [0.5, 0.6) is 0 Å². The van der Waals surface area contributed by atoms with E-state index < -0.39 is 83.6 Å². The van der Waals surface area contributed by atoms with E-state index in [0.717, 1.165) is 11.1 Å². The standard InChI is InChI=1S/C43H52N8O7/c1-26(2)35(41(56)48-33(24-29-12-8-6-9-13-29)39(54)46-32-18-22-45-23-19-32)50-43(58)37(28(5)52)51-42(57)36(27(3)4)49-40(55)34(25-30-14-10-7-11-15-30)47-38(53)31-16-20-44-21-17-31/h6-23,26-28,33-37,52H,24-25H2,1-5H3,(H,47,53)(H,48,56)(H,49,55)(H,50,58)(H,51,57)(H,45,46,54)/t28-,33-,34-,35+,36+,37+/m1/s1. The van der Waals surface area contributed by atoms with Gasteiger partial charge >= 0.3 is 0 Å². The molecule has 0 aliphatic rings. The fraction of sp³-hybridized carbons (Fsp3) is 0.349. The minimum atomic E-state index is -1.54. The molecule has 4 rings (SSSR count). The summed E-state index contributed by atoms with van der Waals surface area (Å²) in [6, 6.07) is 18.4. The Morgan fingerprint density at radius 1 is 0.500 bits per heavy atom. The Labute approximate surface area is 338 Å². The lowest BCUT2D eigenvalue weighted by Gasteiger charge is -2.30. The SMILES string of the molecule is CC(C)[C@H](NC(=O)[C@@H](NC(=O)[C@@H](NC(=O)[C@@H](Cc1ccccc1)NC(=O)c1ccncc1)C(C)C)[C@@H](C)O)C(=O)N[C@H](Cc1ccccc1)C(=O)Nc1ccncc1. The topological polar surface area (TPSA) is 221 Å². The lowest BCUT2D eigenvalue weighted by Crippen LogP contribution is -2.62. The minimum absolute atomic E-state index is 0.116. The summed E-state index contributed by atoms with van der Waals surface area (Å²) >= 11 is 0. The average molecular weight is 793 g/mol. The molecule has 0 aliphatic heterocycles. The van der Waals surface area contributed by atoms with E-state index in [2.05, 4.69) is 41.9 Å². The van der Waals surface area contributed by atoms with Crippen LogP contribution in [0.4, 0.5) is 5.69 Å². The van der Waals surface area contributed by atoms with Crippen molar-refractivity contribution in [1.82, 2.24) is 36.6 Å². The molecule has 58 heavy (non-hydrogen) atoms. The van der Waals surface area contributed by atoms with E-state index in [1.54, 1.807) is 52.0 Å². The highest BCUT2D eigenvalue weighted by Crippen LogP contribution is 2.12. The van der Waals surface area contributed by atoms with Gasteiger partial charge in [-0.1, -0.05) is 88.4 Å². The number of carbonyl (C=O) groups is 6. The Balaban J connectivity index is 1.48. The molecule has 15 heteroatoms. The third kappa shape index (κ3) is 13.3. The summed E-state index contributed by atoms with van der Waals surface area (Å²) in [6.45, 7) is 8.10. The zero-order valence-corrected chi connectivity index (χ0v) is 33.2. The molecule has 0 aliphatic carbocycles. The van der Waals surface area contributed by atoms with Crippen LogP contribution >= 0.6 is 0 Å². The predicted octanol–water partition coefficient (Wildman–Crippen LogP) is 2.33. The van der Waals surface area contributed by atoms with Gasteiger partial charge in [0.2, 0.25) is 29.5 Å². The van der Waals surface area contributed by atoms with Crippen LogP contribution in [0.1, 0.15) is 56.1 Å². The van der Waals surface area contributed by atoms with Crippen molar-refractivity contribution in [2.24, 2.45) is 11.8 Å².